The number of likely N-dealkylation sites (N-methyl/N-ethyl adjacent to an activating group) is 1. The van der Waals surface area contributed by atoms with Gasteiger partial charge in [-0.2, -0.15) is 5.26 Å². The lowest BCUT2D eigenvalue weighted by Gasteiger charge is -2.21. The van der Waals surface area contributed by atoms with E-state index in [9.17, 15) is 5.26 Å². The van der Waals surface area contributed by atoms with Crippen LogP contribution in [-0.2, 0) is 17.7 Å². The second kappa shape index (κ2) is 13.1. The van der Waals surface area contributed by atoms with Gasteiger partial charge in [-0.25, -0.2) is 10.1 Å². The van der Waals surface area contributed by atoms with E-state index in [1.165, 1.54) is 0 Å². The standard InChI is InChI=1S/C31H34N10O/c1-5-8-28-35-29-21(2)17-24(34-31(33-20-32)40(3)15-16-42-4)18-27(29)41(28)19-22-11-13-23(14-12-22)25-9-6-7-10-26(25)30-36-38-39-37-30/h6-7,9-14,17-18H,5,8,15-16,19H2,1-4H3,(H,33,34)(H,36,37,38,39). The number of aromatic nitrogens is 6. The fourth-order valence-corrected chi connectivity index (χ4v) is 5.01. The summed E-state index contributed by atoms with van der Waals surface area (Å²) in [5.74, 6) is 2.14. The third-order valence-electron chi connectivity index (χ3n) is 7.13. The van der Waals surface area contributed by atoms with Crippen LogP contribution in [0.5, 0.6) is 0 Å². The van der Waals surface area contributed by atoms with Gasteiger partial charge in [0.15, 0.2) is 5.82 Å². The number of guanidine groups is 1. The first-order chi connectivity index (χ1) is 20.5. The van der Waals surface area contributed by atoms with E-state index < -0.39 is 0 Å². The van der Waals surface area contributed by atoms with Crippen LogP contribution in [0.3, 0.4) is 0 Å². The highest BCUT2D eigenvalue weighted by molar-refractivity contribution is 5.96. The lowest BCUT2D eigenvalue weighted by molar-refractivity contribution is 0.183. The Balaban J connectivity index is 1.47. The van der Waals surface area contributed by atoms with Gasteiger partial charge in [0.05, 0.1) is 17.6 Å². The topological polar surface area (TPSA) is 133 Å². The predicted molar refractivity (Wildman–Crippen MR) is 164 cm³/mol. The number of nitriles is 1. The molecule has 5 rings (SSSR count). The van der Waals surface area contributed by atoms with Gasteiger partial charge >= 0.3 is 0 Å². The number of H-pyrrole nitrogens is 1. The van der Waals surface area contributed by atoms with Crippen molar-refractivity contribution in [3.05, 3.63) is 77.6 Å². The molecule has 2 aromatic heterocycles. The van der Waals surface area contributed by atoms with Gasteiger partial charge in [0, 0.05) is 44.9 Å². The Kier molecular flexibility index (Phi) is 8.84. The van der Waals surface area contributed by atoms with E-state index in [1.54, 1.807) is 7.11 Å². The van der Waals surface area contributed by atoms with E-state index in [1.807, 2.05) is 42.4 Å². The van der Waals surface area contributed by atoms with Gasteiger partial charge in [-0.15, -0.1) is 10.1 Å². The van der Waals surface area contributed by atoms with Crippen LogP contribution in [0.2, 0.25) is 0 Å². The molecule has 0 saturated carbocycles. The van der Waals surface area contributed by atoms with Crippen LogP contribution in [0, 0.1) is 18.4 Å². The number of imidazole rings is 1. The molecule has 11 nitrogen and oxygen atoms in total. The Morgan fingerprint density at radius 3 is 2.62 bits per heavy atom. The van der Waals surface area contributed by atoms with Crippen LogP contribution >= 0.6 is 0 Å². The largest absolute Gasteiger partial charge is 0.383 e. The molecular weight excluding hydrogens is 528 g/mol. The molecular formula is C31H34N10O. The van der Waals surface area contributed by atoms with Crippen LogP contribution in [0.1, 0.15) is 30.3 Å². The number of aryl methyl sites for hydroxylation is 2. The molecule has 0 saturated heterocycles. The van der Waals surface area contributed by atoms with Crippen molar-refractivity contribution in [3.8, 4) is 28.7 Å². The van der Waals surface area contributed by atoms with Gasteiger partial charge in [-0.3, -0.25) is 0 Å². The molecule has 214 valence electrons. The summed E-state index contributed by atoms with van der Waals surface area (Å²) in [6, 6.07) is 20.8. The zero-order chi connectivity index (χ0) is 29.5. The van der Waals surface area contributed by atoms with Gasteiger partial charge in [0.1, 0.15) is 5.82 Å². The molecule has 0 amide bonds. The zero-order valence-corrected chi connectivity index (χ0v) is 24.3. The molecule has 0 unspecified atom stereocenters. The number of hydrogen-bond donors (Lipinski definition) is 2. The van der Waals surface area contributed by atoms with Crippen molar-refractivity contribution in [2.45, 2.75) is 33.2 Å². The van der Waals surface area contributed by atoms with Crippen molar-refractivity contribution in [2.24, 2.45) is 4.99 Å². The molecule has 0 fully saturated rings. The Morgan fingerprint density at radius 2 is 1.93 bits per heavy atom. The highest BCUT2D eigenvalue weighted by atomic mass is 16.5. The third-order valence-corrected chi connectivity index (χ3v) is 7.13. The number of aliphatic imine (C=N–C) groups is 1. The number of aromatic amines is 1. The molecule has 2 heterocycles. The van der Waals surface area contributed by atoms with E-state index in [-0.39, 0.29) is 0 Å². The summed E-state index contributed by atoms with van der Waals surface area (Å²) in [4.78, 5) is 10.9. The summed E-state index contributed by atoms with van der Waals surface area (Å²) in [7, 11) is 3.53. The first kappa shape index (κ1) is 28.4. The lowest BCUT2D eigenvalue weighted by Crippen LogP contribution is -2.35. The van der Waals surface area contributed by atoms with Crippen LogP contribution in [0.4, 0.5) is 5.69 Å². The van der Waals surface area contributed by atoms with Crippen molar-refractivity contribution in [3.63, 3.8) is 0 Å². The second-order valence-corrected chi connectivity index (χ2v) is 10.1. The Morgan fingerprint density at radius 1 is 1.14 bits per heavy atom. The van der Waals surface area contributed by atoms with E-state index >= 15 is 0 Å². The fourth-order valence-electron chi connectivity index (χ4n) is 5.01. The second-order valence-electron chi connectivity index (χ2n) is 10.1. The number of hydrogen-bond acceptors (Lipinski definition) is 7. The first-order valence-electron chi connectivity index (χ1n) is 13.9. The molecule has 0 bridgehead atoms. The Bertz CT molecular complexity index is 1720. The minimum absolute atomic E-state index is 0.463. The quantitative estimate of drug-likeness (QED) is 0.138. The van der Waals surface area contributed by atoms with E-state index in [0.29, 0.717) is 31.5 Å². The molecule has 42 heavy (non-hydrogen) atoms. The molecule has 0 atom stereocenters. The number of anilines is 1. The number of benzene rings is 3. The van der Waals surface area contributed by atoms with Gasteiger partial charge in [-0.1, -0.05) is 55.5 Å². The number of rotatable bonds is 10. The van der Waals surface area contributed by atoms with Crippen LogP contribution in [0.25, 0.3) is 33.5 Å². The van der Waals surface area contributed by atoms with Gasteiger partial charge in [0.2, 0.25) is 12.2 Å². The van der Waals surface area contributed by atoms with E-state index in [4.69, 9.17) is 9.72 Å². The average Bonchev–Trinajstić information content (AvgIpc) is 3.66. The van der Waals surface area contributed by atoms with Gasteiger partial charge in [0.25, 0.3) is 0 Å². The minimum atomic E-state index is 0.463. The number of fused-ring (bicyclic) bond motifs is 1. The van der Waals surface area contributed by atoms with Crippen molar-refractivity contribution in [1.82, 2.24) is 35.1 Å². The maximum Gasteiger partial charge on any atom is 0.214 e. The Labute approximate surface area is 244 Å². The highest BCUT2D eigenvalue weighted by Crippen LogP contribution is 2.31. The summed E-state index contributed by atoms with van der Waals surface area (Å²) in [6.07, 6.45) is 3.76. The normalized spacial score (nSPS) is 11.5. The SMILES string of the molecule is CCCc1nc2c(C)cc(N/C(=N/C#N)N(C)CCOC)cc2n1Cc1ccc(-c2ccccc2-c2nnn[nH]2)cc1. The summed E-state index contributed by atoms with van der Waals surface area (Å²) in [6.45, 7) is 6.03. The van der Waals surface area contributed by atoms with Crippen molar-refractivity contribution in [1.29, 1.82) is 5.26 Å². The van der Waals surface area contributed by atoms with Crippen molar-refractivity contribution < 1.29 is 4.74 Å². The first-order valence-corrected chi connectivity index (χ1v) is 13.9. The number of methoxy groups -OCH3 is 1. The monoisotopic (exact) mass is 562 g/mol. The molecule has 11 heteroatoms. The van der Waals surface area contributed by atoms with Crippen molar-refractivity contribution >= 4 is 22.7 Å². The molecule has 5 aromatic rings. The molecule has 2 N–H and O–H groups in total. The van der Waals surface area contributed by atoms with E-state index in [0.717, 1.165) is 63.2 Å². The fraction of sp³-hybridized carbons (Fsp3) is 0.290. The highest BCUT2D eigenvalue weighted by Gasteiger charge is 2.16. The predicted octanol–water partition coefficient (Wildman–Crippen LogP) is 5.02. The number of ether oxygens (including phenoxy) is 1. The van der Waals surface area contributed by atoms with Gasteiger partial charge in [-0.05, 0) is 58.2 Å². The van der Waals surface area contributed by atoms with Crippen LogP contribution < -0.4 is 5.32 Å². The number of nitrogens with zero attached hydrogens (tertiary/aromatic N) is 8. The Hall–Kier alpha value is -5.08. The van der Waals surface area contributed by atoms with Crippen LogP contribution in [0.15, 0.2) is 65.7 Å². The molecule has 0 aliphatic carbocycles. The zero-order valence-electron chi connectivity index (χ0n) is 24.3. The number of nitrogens with one attached hydrogen (secondary N) is 2. The average molecular weight is 563 g/mol. The maximum absolute atomic E-state index is 9.28. The molecule has 0 aliphatic heterocycles. The minimum Gasteiger partial charge on any atom is -0.383 e. The smallest absolute Gasteiger partial charge is 0.214 e. The van der Waals surface area contributed by atoms with Crippen molar-refractivity contribution in [2.75, 3.05) is 32.6 Å². The lowest BCUT2D eigenvalue weighted by atomic mass is 9.98. The summed E-state index contributed by atoms with van der Waals surface area (Å²) in [5.41, 5.74) is 8.15. The molecule has 0 aliphatic rings. The van der Waals surface area contributed by atoms with E-state index in [2.05, 4.69) is 85.7 Å². The number of tetrazole rings is 1. The third kappa shape index (κ3) is 6.14. The summed E-state index contributed by atoms with van der Waals surface area (Å²) < 4.78 is 7.48. The maximum atomic E-state index is 9.28. The van der Waals surface area contributed by atoms with Crippen LogP contribution in [-0.4, -0.2) is 68.3 Å². The summed E-state index contributed by atoms with van der Waals surface area (Å²) >= 11 is 0. The molecule has 0 spiro atoms. The molecule has 3 aromatic carbocycles. The molecule has 0 radical (unpaired) electrons. The summed E-state index contributed by atoms with van der Waals surface area (Å²) in [5, 5.41) is 27.0. The van der Waals surface area contributed by atoms with Gasteiger partial charge < -0.3 is 19.5 Å².